The summed E-state index contributed by atoms with van der Waals surface area (Å²) >= 11 is 0. The fraction of sp³-hybridized carbons (Fsp3) is 0.414. The summed E-state index contributed by atoms with van der Waals surface area (Å²) in [6.07, 6.45) is -8.77. The number of aliphatic carboxylic acids is 3. The summed E-state index contributed by atoms with van der Waals surface area (Å²) in [5.74, 6) is -7.40. The van der Waals surface area contributed by atoms with Crippen LogP contribution in [0.5, 0.6) is 0 Å². The zero-order valence-electron chi connectivity index (χ0n) is 26.7. The Kier molecular flexibility index (Phi) is 14.3. The van der Waals surface area contributed by atoms with Crippen LogP contribution in [-0.4, -0.2) is 110 Å². The van der Waals surface area contributed by atoms with Gasteiger partial charge >= 0.3 is 36.4 Å². The topological polar surface area (TPSA) is 183 Å². The number of sulfonamides is 1. The largest absolute Gasteiger partial charge is 0.490 e. The first-order valence-electron chi connectivity index (χ1n) is 14.4. The lowest BCUT2D eigenvalue weighted by Crippen LogP contribution is -2.59. The lowest BCUT2D eigenvalue weighted by molar-refractivity contribution is -0.193. The molecule has 0 bridgehead atoms. The molecule has 1 fully saturated rings. The summed E-state index contributed by atoms with van der Waals surface area (Å²) in [6, 6.07) is 16.2. The molecule has 5 rings (SSSR count). The van der Waals surface area contributed by atoms with Crippen molar-refractivity contribution in [2.24, 2.45) is 0 Å². The van der Waals surface area contributed by atoms with Gasteiger partial charge in [-0.2, -0.15) is 43.8 Å². The van der Waals surface area contributed by atoms with Gasteiger partial charge in [0.2, 0.25) is 10.0 Å². The number of rotatable bonds is 4. The lowest BCUT2D eigenvalue weighted by atomic mass is 9.85. The Morgan fingerprint density at radius 3 is 1.60 bits per heavy atom. The third-order valence-electron chi connectivity index (χ3n) is 7.27. The Labute approximate surface area is 289 Å². The van der Waals surface area contributed by atoms with E-state index in [1.165, 1.54) is 6.26 Å². The van der Waals surface area contributed by atoms with Crippen LogP contribution in [0.25, 0.3) is 11.3 Å². The van der Waals surface area contributed by atoms with E-state index in [9.17, 15) is 47.9 Å². The first-order valence-corrected chi connectivity index (χ1v) is 16.3. The Morgan fingerprint density at radius 2 is 1.19 bits per heavy atom. The number of carbonyl (C=O) groups is 3. The number of hydrogen-bond donors (Lipinski definition) is 3. The maximum atomic E-state index is 12.8. The molecule has 13 nitrogen and oxygen atoms in total. The van der Waals surface area contributed by atoms with E-state index >= 15 is 0 Å². The smallest absolute Gasteiger partial charge is 0.475 e. The average Bonchev–Trinajstić information content (AvgIpc) is 3.48. The number of pyridine rings is 1. The molecule has 0 saturated carbocycles. The lowest BCUT2D eigenvalue weighted by Gasteiger charge is -2.49. The molecule has 0 aliphatic carbocycles. The van der Waals surface area contributed by atoms with Crippen LogP contribution in [-0.2, 0) is 43.0 Å². The first-order chi connectivity index (χ1) is 23.8. The zero-order chi connectivity index (χ0) is 39.7. The molecule has 288 valence electrons. The molecule has 1 spiro atoms. The van der Waals surface area contributed by atoms with Gasteiger partial charge in [-0.3, -0.25) is 9.88 Å². The Bertz CT molecular complexity index is 1700. The van der Waals surface area contributed by atoms with E-state index < -0.39 is 52.0 Å². The van der Waals surface area contributed by atoms with Gasteiger partial charge < -0.3 is 19.9 Å². The summed E-state index contributed by atoms with van der Waals surface area (Å²) < 4.78 is 125. The van der Waals surface area contributed by atoms with Crippen molar-refractivity contribution in [3.63, 3.8) is 0 Å². The van der Waals surface area contributed by atoms with E-state index in [4.69, 9.17) is 34.7 Å². The Hall–Kier alpha value is -4.77. The molecule has 2 aliphatic rings. The third kappa shape index (κ3) is 12.2. The molecule has 52 heavy (non-hydrogen) atoms. The molecule has 3 N–H and O–H groups in total. The summed E-state index contributed by atoms with van der Waals surface area (Å²) in [7, 11) is -3.36. The van der Waals surface area contributed by atoms with Gasteiger partial charge in [0.1, 0.15) is 5.82 Å². The number of nitrogens with zero attached hydrogens (tertiary/aromatic N) is 5. The number of carboxylic acid groups (broad SMARTS) is 3. The van der Waals surface area contributed by atoms with Crippen molar-refractivity contribution >= 4 is 27.9 Å². The molecule has 2 aliphatic heterocycles. The number of fused-ring (bicyclic) bond motifs is 2. The van der Waals surface area contributed by atoms with Crippen molar-refractivity contribution in [1.29, 1.82) is 0 Å². The minimum atomic E-state index is -5.08. The van der Waals surface area contributed by atoms with Crippen molar-refractivity contribution in [2.45, 2.75) is 50.0 Å². The van der Waals surface area contributed by atoms with E-state index in [0.29, 0.717) is 13.1 Å². The molecule has 1 aromatic carbocycles. The number of aromatic nitrogens is 3. The van der Waals surface area contributed by atoms with Gasteiger partial charge in [0.25, 0.3) is 0 Å². The van der Waals surface area contributed by atoms with E-state index in [0.717, 1.165) is 55.3 Å². The highest BCUT2D eigenvalue weighted by atomic mass is 32.2. The number of imidazole rings is 1. The summed E-state index contributed by atoms with van der Waals surface area (Å²) in [5.41, 5.74) is 2.60. The minimum Gasteiger partial charge on any atom is -0.475 e. The van der Waals surface area contributed by atoms with Crippen LogP contribution in [0.1, 0.15) is 24.4 Å². The maximum absolute atomic E-state index is 12.8. The molecule has 4 heterocycles. The van der Waals surface area contributed by atoms with Crippen LogP contribution < -0.4 is 0 Å². The average molecular weight is 780 g/mol. The zero-order valence-corrected chi connectivity index (χ0v) is 27.5. The van der Waals surface area contributed by atoms with Gasteiger partial charge in [0.05, 0.1) is 29.4 Å². The number of alkyl halides is 9. The first kappa shape index (κ1) is 43.4. The van der Waals surface area contributed by atoms with Crippen molar-refractivity contribution in [1.82, 2.24) is 23.7 Å². The highest BCUT2D eigenvalue weighted by molar-refractivity contribution is 7.88. The van der Waals surface area contributed by atoms with E-state index in [1.807, 2.05) is 48.8 Å². The number of halogens is 9. The molecule has 3 aromatic rings. The molecular formula is C29H30F9N5O8S. The number of hydrogen-bond acceptors (Lipinski definition) is 8. The summed E-state index contributed by atoms with van der Waals surface area (Å²) in [4.78, 5) is 38.3. The van der Waals surface area contributed by atoms with Gasteiger partial charge in [-0.05, 0) is 30.5 Å². The van der Waals surface area contributed by atoms with Gasteiger partial charge in [0, 0.05) is 38.9 Å². The van der Waals surface area contributed by atoms with Crippen LogP contribution in [0.4, 0.5) is 39.5 Å². The number of likely N-dealkylation sites (tertiary alicyclic amines) is 1. The van der Waals surface area contributed by atoms with Gasteiger partial charge in [-0.15, -0.1) is 0 Å². The molecule has 0 amide bonds. The summed E-state index contributed by atoms with van der Waals surface area (Å²) in [6.45, 7) is 3.47. The summed E-state index contributed by atoms with van der Waals surface area (Å²) in [5, 5.41) is 21.4. The number of piperidine rings is 1. The van der Waals surface area contributed by atoms with E-state index in [1.54, 1.807) is 4.31 Å². The highest BCUT2D eigenvalue weighted by Crippen LogP contribution is 2.43. The predicted octanol–water partition coefficient (Wildman–Crippen LogP) is 4.61. The normalized spacial score (nSPS) is 16.1. The Morgan fingerprint density at radius 1 is 0.731 bits per heavy atom. The second kappa shape index (κ2) is 17.2. The van der Waals surface area contributed by atoms with Gasteiger partial charge in [-0.25, -0.2) is 27.8 Å². The van der Waals surface area contributed by atoms with Crippen molar-refractivity contribution < 1.29 is 77.6 Å². The van der Waals surface area contributed by atoms with Crippen LogP contribution >= 0.6 is 0 Å². The SMILES string of the molecule is CS(=O)(=O)N1CCn2c(-c3ccccc3)cnc2C12CCN(Cc1ccccn1)CC2.O=C(O)C(F)(F)F.O=C(O)C(F)(F)F.O=C(O)C(F)(F)F. The predicted molar refractivity (Wildman–Crippen MR) is 161 cm³/mol. The van der Waals surface area contributed by atoms with Crippen LogP contribution in [0, 0.1) is 0 Å². The van der Waals surface area contributed by atoms with Crippen LogP contribution in [0.15, 0.2) is 60.9 Å². The molecule has 0 atom stereocenters. The fourth-order valence-electron chi connectivity index (χ4n) is 5.09. The highest BCUT2D eigenvalue weighted by Gasteiger charge is 2.51. The minimum absolute atomic E-state index is 0.474. The molecule has 0 radical (unpaired) electrons. The fourth-order valence-corrected chi connectivity index (χ4v) is 6.40. The van der Waals surface area contributed by atoms with E-state index in [-0.39, 0.29) is 0 Å². The molecule has 2 aromatic heterocycles. The maximum Gasteiger partial charge on any atom is 0.490 e. The van der Waals surface area contributed by atoms with Gasteiger partial charge in [0.15, 0.2) is 0 Å². The standard InChI is InChI=1S/C23H27N5O2S.3C2HF3O2/c1-31(29,30)28-16-15-27-21(19-7-3-2-4-8-19)17-25-22(27)23(28)10-13-26(14-11-23)18-20-9-5-6-12-24-20;3*3-2(4,5)1(6)7/h2-9,12,17H,10-11,13-16,18H2,1H3;3*(H,6,7). The van der Waals surface area contributed by atoms with E-state index in [2.05, 4.69) is 26.6 Å². The second-order valence-corrected chi connectivity index (χ2v) is 12.8. The molecular weight excluding hydrogens is 749 g/mol. The number of carboxylic acids is 3. The molecule has 0 unspecified atom stereocenters. The Balaban J connectivity index is 0.000000365. The van der Waals surface area contributed by atoms with Crippen LogP contribution in [0.2, 0.25) is 0 Å². The molecule has 23 heteroatoms. The van der Waals surface area contributed by atoms with Gasteiger partial charge in [-0.1, -0.05) is 36.4 Å². The monoisotopic (exact) mass is 779 g/mol. The number of benzene rings is 1. The van der Waals surface area contributed by atoms with Crippen molar-refractivity contribution in [3.05, 3.63) is 72.4 Å². The van der Waals surface area contributed by atoms with Crippen LogP contribution in [0.3, 0.4) is 0 Å². The third-order valence-corrected chi connectivity index (χ3v) is 8.60. The quantitative estimate of drug-likeness (QED) is 0.315. The second-order valence-electron chi connectivity index (χ2n) is 10.9. The van der Waals surface area contributed by atoms with Crippen molar-refractivity contribution in [3.8, 4) is 11.3 Å². The molecule has 1 saturated heterocycles. The van der Waals surface area contributed by atoms with Crippen molar-refractivity contribution in [2.75, 3.05) is 25.9 Å².